The lowest BCUT2D eigenvalue weighted by atomic mass is 10.2. The summed E-state index contributed by atoms with van der Waals surface area (Å²) < 4.78 is 0. The van der Waals surface area contributed by atoms with E-state index in [4.69, 9.17) is 0 Å². The molecule has 0 aromatic carbocycles. The van der Waals surface area contributed by atoms with Crippen molar-refractivity contribution in [2.24, 2.45) is 0 Å². The van der Waals surface area contributed by atoms with E-state index in [2.05, 4.69) is 52.0 Å². The van der Waals surface area contributed by atoms with Crippen molar-refractivity contribution >= 4 is 11.3 Å². The molecule has 2 N–H and O–H groups in total. The molecule has 0 unspecified atom stereocenters. The van der Waals surface area contributed by atoms with Gasteiger partial charge in [-0.05, 0) is 32.5 Å². The van der Waals surface area contributed by atoms with Crippen LogP contribution in [0.2, 0.25) is 0 Å². The summed E-state index contributed by atoms with van der Waals surface area (Å²) in [6.07, 6.45) is 1.89. The van der Waals surface area contributed by atoms with Crippen LogP contribution in [0.25, 0.3) is 0 Å². The lowest BCUT2D eigenvalue weighted by molar-refractivity contribution is 0.292. The summed E-state index contributed by atoms with van der Waals surface area (Å²) in [7, 11) is 4.24. The van der Waals surface area contributed by atoms with Crippen molar-refractivity contribution in [2.45, 2.75) is 19.5 Å². The number of rotatable bonds is 6. The van der Waals surface area contributed by atoms with Crippen molar-refractivity contribution in [1.82, 2.24) is 20.4 Å². The Balaban J connectivity index is 1.89. The van der Waals surface area contributed by atoms with E-state index in [9.17, 15) is 0 Å². The molecule has 0 saturated heterocycles. The lowest BCUT2D eigenvalue weighted by Gasteiger charge is -2.23. The molecule has 0 aliphatic carbocycles. The van der Waals surface area contributed by atoms with Gasteiger partial charge >= 0.3 is 0 Å². The molecule has 0 bridgehead atoms. The Morgan fingerprint density at radius 3 is 2.89 bits per heavy atom. The van der Waals surface area contributed by atoms with Crippen LogP contribution >= 0.6 is 11.3 Å². The molecule has 0 aliphatic heterocycles. The maximum absolute atomic E-state index is 4.03. The fourth-order valence-corrected chi connectivity index (χ4v) is 2.84. The van der Waals surface area contributed by atoms with Gasteiger partial charge in [-0.1, -0.05) is 6.07 Å². The van der Waals surface area contributed by atoms with E-state index < -0.39 is 0 Å². The highest BCUT2D eigenvalue weighted by atomic mass is 32.1. The number of aromatic amines is 1. The molecule has 0 radical (unpaired) electrons. The summed E-state index contributed by atoms with van der Waals surface area (Å²) in [5, 5.41) is 12.6. The summed E-state index contributed by atoms with van der Waals surface area (Å²) in [4.78, 5) is 3.65. The Hall–Kier alpha value is -1.17. The third kappa shape index (κ3) is 3.19. The summed E-state index contributed by atoms with van der Waals surface area (Å²) in [5.41, 5.74) is 2.37. The van der Waals surface area contributed by atoms with Gasteiger partial charge in [-0.25, -0.2) is 0 Å². The topological polar surface area (TPSA) is 44.0 Å². The van der Waals surface area contributed by atoms with Gasteiger partial charge in [0.25, 0.3) is 0 Å². The van der Waals surface area contributed by atoms with Crippen LogP contribution in [0.5, 0.6) is 0 Å². The van der Waals surface area contributed by atoms with Gasteiger partial charge in [0.2, 0.25) is 0 Å². The van der Waals surface area contributed by atoms with Crippen molar-refractivity contribution in [3.8, 4) is 0 Å². The number of nitrogens with zero attached hydrogens (tertiary/aromatic N) is 2. The SMILES string of the molecule is Cc1[nH]ncc1CNC[C@@H](c1cccs1)N(C)C. The van der Waals surface area contributed by atoms with Crippen LogP contribution in [-0.4, -0.2) is 35.7 Å². The average Bonchev–Trinajstić information content (AvgIpc) is 2.96. The highest BCUT2D eigenvalue weighted by Crippen LogP contribution is 2.22. The molecule has 2 aromatic heterocycles. The van der Waals surface area contributed by atoms with Gasteiger partial charge in [-0.15, -0.1) is 11.3 Å². The van der Waals surface area contributed by atoms with Crippen LogP contribution in [0.3, 0.4) is 0 Å². The largest absolute Gasteiger partial charge is 0.311 e. The predicted octanol–water partition coefficient (Wildman–Crippen LogP) is 2.17. The molecule has 1 atom stereocenters. The van der Waals surface area contributed by atoms with E-state index in [1.807, 2.05) is 24.5 Å². The molecule has 0 saturated carbocycles. The maximum atomic E-state index is 4.03. The highest BCUT2D eigenvalue weighted by molar-refractivity contribution is 7.10. The van der Waals surface area contributed by atoms with Gasteiger partial charge in [0.1, 0.15) is 0 Å². The molecular weight excluding hydrogens is 244 g/mol. The molecule has 18 heavy (non-hydrogen) atoms. The van der Waals surface area contributed by atoms with Crippen LogP contribution in [-0.2, 0) is 6.54 Å². The van der Waals surface area contributed by atoms with Gasteiger partial charge in [0.05, 0.1) is 12.2 Å². The minimum Gasteiger partial charge on any atom is -0.311 e. The van der Waals surface area contributed by atoms with Gasteiger partial charge in [0.15, 0.2) is 0 Å². The van der Waals surface area contributed by atoms with E-state index in [0.717, 1.165) is 18.8 Å². The fourth-order valence-electron chi connectivity index (χ4n) is 1.92. The fraction of sp³-hybridized carbons (Fsp3) is 0.462. The van der Waals surface area contributed by atoms with E-state index in [1.54, 1.807) is 0 Å². The first-order chi connectivity index (χ1) is 8.68. The number of hydrogen-bond acceptors (Lipinski definition) is 4. The number of likely N-dealkylation sites (N-methyl/N-ethyl adjacent to an activating group) is 1. The Morgan fingerprint density at radius 1 is 1.50 bits per heavy atom. The van der Waals surface area contributed by atoms with Crippen molar-refractivity contribution in [2.75, 3.05) is 20.6 Å². The van der Waals surface area contributed by atoms with Gasteiger partial charge in [-0.2, -0.15) is 5.10 Å². The van der Waals surface area contributed by atoms with E-state index in [1.165, 1.54) is 10.4 Å². The average molecular weight is 264 g/mol. The standard InChI is InChI=1S/C13H20N4S/c1-10-11(8-15-16-10)7-14-9-12(17(2)3)13-5-4-6-18-13/h4-6,8,12,14H,7,9H2,1-3H3,(H,15,16)/t12-/m0/s1. The molecule has 4 nitrogen and oxygen atoms in total. The minimum absolute atomic E-state index is 0.428. The van der Waals surface area contributed by atoms with Crippen molar-refractivity contribution in [3.63, 3.8) is 0 Å². The minimum atomic E-state index is 0.428. The molecule has 5 heteroatoms. The first-order valence-electron chi connectivity index (χ1n) is 6.08. The number of H-pyrrole nitrogens is 1. The first-order valence-corrected chi connectivity index (χ1v) is 6.96. The van der Waals surface area contributed by atoms with E-state index in [0.29, 0.717) is 6.04 Å². The highest BCUT2D eigenvalue weighted by Gasteiger charge is 2.14. The zero-order valence-corrected chi connectivity index (χ0v) is 11.9. The van der Waals surface area contributed by atoms with Crippen LogP contribution in [0, 0.1) is 6.92 Å². The molecule has 2 aromatic rings. The van der Waals surface area contributed by atoms with Crippen LogP contribution in [0.4, 0.5) is 0 Å². The van der Waals surface area contributed by atoms with Crippen molar-refractivity contribution < 1.29 is 0 Å². The summed E-state index contributed by atoms with van der Waals surface area (Å²) in [6.45, 7) is 3.85. The Bertz CT molecular complexity index is 461. The third-order valence-electron chi connectivity index (χ3n) is 3.08. The molecule has 0 fully saturated rings. The normalized spacial score (nSPS) is 13.1. The Kier molecular flexibility index (Phi) is 4.52. The molecule has 0 amide bonds. The van der Waals surface area contributed by atoms with Crippen LogP contribution in [0.1, 0.15) is 22.2 Å². The monoisotopic (exact) mass is 264 g/mol. The van der Waals surface area contributed by atoms with Crippen molar-refractivity contribution in [3.05, 3.63) is 39.8 Å². The third-order valence-corrected chi connectivity index (χ3v) is 4.06. The van der Waals surface area contributed by atoms with Gasteiger partial charge < -0.3 is 10.2 Å². The zero-order chi connectivity index (χ0) is 13.0. The molecule has 2 rings (SSSR count). The zero-order valence-electron chi connectivity index (χ0n) is 11.1. The Labute approximate surface area is 112 Å². The first kappa shape index (κ1) is 13.3. The van der Waals surface area contributed by atoms with Gasteiger partial charge in [0, 0.05) is 29.2 Å². The van der Waals surface area contributed by atoms with Gasteiger partial charge in [-0.3, -0.25) is 5.10 Å². The second-order valence-corrected chi connectivity index (χ2v) is 5.63. The van der Waals surface area contributed by atoms with E-state index >= 15 is 0 Å². The molecule has 2 heterocycles. The number of hydrogen-bond donors (Lipinski definition) is 2. The maximum Gasteiger partial charge on any atom is 0.0561 e. The molecule has 0 spiro atoms. The number of thiophene rings is 1. The van der Waals surface area contributed by atoms with Crippen LogP contribution < -0.4 is 5.32 Å². The molecule has 0 aliphatic rings. The smallest absolute Gasteiger partial charge is 0.0561 e. The molecular formula is C13H20N4S. The summed E-state index contributed by atoms with van der Waals surface area (Å²) in [6, 6.07) is 4.73. The van der Waals surface area contributed by atoms with Crippen LogP contribution in [0.15, 0.2) is 23.7 Å². The Morgan fingerprint density at radius 2 is 2.33 bits per heavy atom. The second kappa shape index (κ2) is 6.13. The van der Waals surface area contributed by atoms with E-state index in [-0.39, 0.29) is 0 Å². The van der Waals surface area contributed by atoms with Crippen molar-refractivity contribution in [1.29, 1.82) is 0 Å². The quantitative estimate of drug-likeness (QED) is 0.840. The summed E-state index contributed by atoms with van der Waals surface area (Å²) >= 11 is 1.81. The predicted molar refractivity (Wildman–Crippen MR) is 75.8 cm³/mol. The number of nitrogens with one attached hydrogen (secondary N) is 2. The lowest BCUT2D eigenvalue weighted by Crippen LogP contribution is -2.30. The molecule has 98 valence electrons. The number of aryl methyl sites for hydroxylation is 1. The second-order valence-electron chi connectivity index (χ2n) is 4.65. The summed E-state index contributed by atoms with van der Waals surface area (Å²) in [5.74, 6) is 0. The number of aromatic nitrogens is 2.